The molecule has 0 bridgehead atoms. The summed E-state index contributed by atoms with van der Waals surface area (Å²) in [5.74, 6) is -6.31. The summed E-state index contributed by atoms with van der Waals surface area (Å²) in [6.45, 7) is 1.27. The average Bonchev–Trinajstić information content (AvgIpc) is 2.73. The van der Waals surface area contributed by atoms with Crippen LogP contribution in [0.15, 0.2) is 53.6 Å². The van der Waals surface area contributed by atoms with Gasteiger partial charge in [0.15, 0.2) is 11.6 Å². The Balaban J connectivity index is 1.88. The molecule has 0 atom stereocenters. The summed E-state index contributed by atoms with van der Waals surface area (Å²) >= 11 is 0. The number of ketones is 1. The minimum absolute atomic E-state index is 0.206. The maximum Gasteiger partial charge on any atom is 0.265 e. The number of pyridine rings is 1. The molecule has 3 rings (SSSR count). The van der Waals surface area contributed by atoms with Crippen LogP contribution in [-0.4, -0.2) is 25.1 Å². The van der Waals surface area contributed by atoms with Gasteiger partial charge >= 0.3 is 0 Å². The molecule has 2 N–H and O–H groups in total. The zero-order valence-electron chi connectivity index (χ0n) is 16.8. The molecule has 0 aliphatic heterocycles. The third-order valence-corrected chi connectivity index (χ3v) is 5.67. The highest BCUT2D eigenvalue weighted by atomic mass is 32.2. The standard InChI is InChI=1S/C21H15F4N3O4S/c1-11(29)27-19-7-2-12(10-26-19)8-17(30)20-15(24)5-6-16(21(20)25)28-33(31,32)18-9-13(22)3-4-14(18)23/h2-7,9-10,28H,8H2,1H3,(H,26,27,29). The molecule has 172 valence electrons. The van der Waals surface area contributed by atoms with Crippen LogP contribution in [0.3, 0.4) is 0 Å². The van der Waals surface area contributed by atoms with Crippen LogP contribution in [0.4, 0.5) is 29.1 Å². The van der Waals surface area contributed by atoms with Crippen molar-refractivity contribution in [1.29, 1.82) is 0 Å². The number of rotatable bonds is 7. The fourth-order valence-electron chi connectivity index (χ4n) is 2.83. The lowest BCUT2D eigenvalue weighted by atomic mass is 10.0. The lowest BCUT2D eigenvalue weighted by Gasteiger charge is -2.12. The van der Waals surface area contributed by atoms with Crippen LogP contribution in [0.1, 0.15) is 22.8 Å². The van der Waals surface area contributed by atoms with Gasteiger partial charge in [0, 0.05) is 19.5 Å². The zero-order valence-corrected chi connectivity index (χ0v) is 17.6. The molecule has 1 heterocycles. The van der Waals surface area contributed by atoms with E-state index in [2.05, 4.69) is 10.3 Å². The van der Waals surface area contributed by atoms with Crippen LogP contribution < -0.4 is 10.0 Å². The van der Waals surface area contributed by atoms with Crippen molar-refractivity contribution in [1.82, 2.24) is 4.98 Å². The number of amides is 1. The minimum atomic E-state index is -4.80. The van der Waals surface area contributed by atoms with E-state index in [9.17, 15) is 35.6 Å². The normalized spacial score (nSPS) is 11.2. The van der Waals surface area contributed by atoms with Gasteiger partial charge in [-0.2, -0.15) is 0 Å². The summed E-state index contributed by atoms with van der Waals surface area (Å²) in [6.07, 6.45) is 0.730. The SMILES string of the molecule is CC(=O)Nc1ccc(CC(=O)c2c(F)ccc(NS(=O)(=O)c3cc(F)ccc3F)c2F)cn1. The van der Waals surface area contributed by atoms with E-state index in [1.165, 1.54) is 25.3 Å². The Bertz CT molecular complexity index is 1350. The topological polar surface area (TPSA) is 105 Å². The van der Waals surface area contributed by atoms with E-state index in [1.54, 1.807) is 4.72 Å². The number of hydrogen-bond donors (Lipinski definition) is 2. The predicted octanol–water partition coefficient (Wildman–Crippen LogP) is 3.82. The molecule has 12 heteroatoms. The summed E-state index contributed by atoms with van der Waals surface area (Å²) in [5.41, 5.74) is -1.59. The molecule has 1 amide bonds. The van der Waals surface area contributed by atoms with E-state index < -0.39 is 61.6 Å². The van der Waals surface area contributed by atoms with E-state index in [-0.39, 0.29) is 17.3 Å². The molecule has 1 aromatic heterocycles. The van der Waals surface area contributed by atoms with Crippen LogP contribution in [-0.2, 0) is 21.2 Å². The van der Waals surface area contributed by atoms with Crippen molar-refractivity contribution in [2.75, 3.05) is 10.0 Å². The quantitative estimate of drug-likeness (QED) is 0.394. The van der Waals surface area contributed by atoms with Gasteiger partial charge in [0.1, 0.15) is 28.2 Å². The van der Waals surface area contributed by atoms with E-state index in [0.29, 0.717) is 30.3 Å². The first-order chi connectivity index (χ1) is 15.5. The van der Waals surface area contributed by atoms with Crippen LogP contribution in [0, 0.1) is 23.3 Å². The molecule has 0 saturated carbocycles. The summed E-state index contributed by atoms with van der Waals surface area (Å²) < 4.78 is 82.9. The zero-order chi connectivity index (χ0) is 24.3. The number of halogens is 4. The third kappa shape index (κ3) is 5.52. The predicted molar refractivity (Wildman–Crippen MR) is 110 cm³/mol. The number of nitrogens with zero attached hydrogens (tertiary/aromatic N) is 1. The second-order valence-corrected chi connectivity index (χ2v) is 8.45. The first kappa shape index (κ1) is 23.9. The molecule has 0 aliphatic rings. The minimum Gasteiger partial charge on any atom is -0.311 e. The summed E-state index contributed by atoms with van der Waals surface area (Å²) in [5, 5.41) is 2.42. The Morgan fingerprint density at radius 3 is 2.30 bits per heavy atom. The van der Waals surface area contributed by atoms with Gasteiger partial charge in [-0.05, 0) is 42.0 Å². The van der Waals surface area contributed by atoms with Gasteiger partial charge in [-0.15, -0.1) is 0 Å². The fourth-order valence-corrected chi connectivity index (χ4v) is 3.98. The van der Waals surface area contributed by atoms with E-state index in [1.807, 2.05) is 0 Å². The van der Waals surface area contributed by atoms with Crippen molar-refractivity contribution in [3.63, 3.8) is 0 Å². The largest absolute Gasteiger partial charge is 0.311 e. The maximum atomic E-state index is 14.9. The molecule has 0 fully saturated rings. The van der Waals surface area contributed by atoms with Crippen molar-refractivity contribution >= 4 is 33.2 Å². The van der Waals surface area contributed by atoms with Crippen LogP contribution in [0.5, 0.6) is 0 Å². The van der Waals surface area contributed by atoms with Crippen molar-refractivity contribution < 1.29 is 35.6 Å². The molecule has 7 nitrogen and oxygen atoms in total. The number of benzene rings is 2. The Morgan fingerprint density at radius 2 is 1.67 bits per heavy atom. The molecule has 0 saturated heterocycles. The number of anilines is 2. The molecule has 0 aliphatic carbocycles. The van der Waals surface area contributed by atoms with E-state index in [0.717, 1.165) is 0 Å². The van der Waals surface area contributed by atoms with E-state index in [4.69, 9.17) is 0 Å². The fraction of sp³-hybridized carbons (Fsp3) is 0.0952. The van der Waals surface area contributed by atoms with Gasteiger partial charge < -0.3 is 5.32 Å². The molecule has 0 spiro atoms. The summed E-state index contributed by atoms with van der Waals surface area (Å²) in [6, 6.07) is 5.82. The highest BCUT2D eigenvalue weighted by Gasteiger charge is 2.26. The van der Waals surface area contributed by atoms with Crippen LogP contribution in [0.25, 0.3) is 0 Å². The number of carbonyl (C=O) groups excluding carboxylic acids is 2. The lowest BCUT2D eigenvalue weighted by Crippen LogP contribution is -2.18. The molecule has 2 aromatic carbocycles. The van der Waals surface area contributed by atoms with Gasteiger partial charge in [0.05, 0.1) is 11.3 Å². The van der Waals surface area contributed by atoms with Gasteiger partial charge in [-0.1, -0.05) is 6.07 Å². The summed E-state index contributed by atoms with van der Waals surface area (Å²) in [7, 11) is -4.80. The third-order valence-electron chi connectivity index (χ3n) is 4.29. The van der Waals surface area contributed by atoms with Crippen molar-refractivity contribution in [2.24, 2.45) is 0 Å². The number of sulfonamides is 1. The Morgan fingerprint density at radius 1 is 0.970 bits per heavy atom. The van der Waals surface area contributed by atoms with Gasteiger partial charge in [-0.25, -0.2) is 31.0 Å². The number of nitrogens with one attached hydrogen (secondary N) is 2. The highest BCUT2D eigenvalue weighted by Crippen LogP contribution is 2.26. The molecule has 0 radical (unpaired) electrons. The molecular formula is C21H15F4N3O4S. The molecule has 3 aromatic rings. The van der Waals surface area contributed by atoms with Gasteiger partial charge in [0.25, 0.3) is 10.0 Å². The second kappa shape index (κ2) is 9.36. The van der Waals surface area contributed by atoms with Crippen molar-refractivity contribution in [2.45, 2.75) is 18.2 Å². The number of Topliss-reactive ketones (excluding diaryl/α,β-unsaturated/α-hetero) is 1. The maximum absolute atomic E-state index is 14.9. The van der Waals surface area contributed by atoms with Gasteiger partial charge in [-0.3, -0.25) is 14.3 Å². The Kier molecular flexibility index (Phi) is 6.77. The highest BCUT2D eigenvalue weighted by molar-refractivity contribution is 7.92. The van der Waals surface area contributed by atoms with Gasteiger partial charge in [0.2, 0.25) is 5.91 Å². The first-order valence-electron chi connectivity index (χ1n) is 9.19. The lowest BCUT2D eigenvalue weighted by molar-refractivity contribution is -0.114. The Hall–Kier alpha value is -3.80. The van der Waals surface area contributed by atoms with E-state index >= 15 is 0 Å². The Labute approximate surface area is 185 Å². The monoisotopic (exact) mass is 481 g/mol. The number of carbonyl (C=O) groups is 2. The smallest absolute Gasteiger partial charge is 0.265 e. The number of aromatic nitrogens is 1. The molecule has 33 heavy (non-hydrogen) atoms. The first-order valence-corrected chi connectivity index (χ1v) is 10.7. The van der Waals surface area contributed by atoms with Crippen LogP contribution in [0.2, 0.25) is 0 Å². The number of hydrogen-bond acceptors (Lipinski definition) is 5. The molecule has 0 unspecified atom stereocenters. The van der Waals surface area contributed by atoms with Crippen LogP contribution >= 0.6 is 0 Å². The molecular weight excluding hydrogens is 466 g/mol. The summed E-state index contributed by atoms with van der Waals surface area (Å²) in [4.78, 5) is 26.4. The van der Waals surface area contributed by atoms with Crippen molar-refractivity contribution in [3.05, 3.63) is 83.1 Å². The average molecular weight is 481 g/mol. The second-order valence-electron chi connectivity index (χ2n) is 6.80. The van der Waals surface area contributed by atoms with Crippen molar-refractivity contribution in [3.8, 4) is 0 Å².